The standard InChI is InChI=1S/C21H20O6/c1-3-24-17-8-6-5-7-14(17)11-19-21(23)16-10-9-15(12-18(16)27-19)26-13-20(22)25-4-2/h5-12H,3-4,13H2,1-2H3/b19-11-. The van der Waals surface area contributed by atoms with E-state index >= 15 is 0 Å². The van der Waals surface area contributed by atoms with Gasteiger partial charge in [0, 0.05) is 11.6 Å². The summed E-state index contributed by atoms with van der Waals surface area (Å²) in [5.74, 6) is 1.03. The fourth-order valence-corrected chi connectivity index (χ4v) is 2.63. The van der Waals surface area contributed by atoms with E-state index in [2.05, 4.69) is 0 Å². The third-order valence-corrected chi connectivity index (χ3v) is 3.81. The number of para-hydroxylation sites is 1. The van der Waals surface area contributed by atoms with Gasteiger partial charge in [-0.15, -0.1) is 0 Å². The lowest BCUT2D eigenvalue weighted by molar-refractivity contribution is -0.145. The van der Waals surface area contributed by atoms with Crippen molar-refractivity contribution in [2.45, 2.75) is 13.8 Å². The maximum atomic E-state index is 12.6. The van der Waals surface area contributed by atoms with Gasteiger partial charge in [0.15, 0.2) is 12.4 Å². The number of fused-ring (bicyclic) bond motifs is 1. The smallest absolute Gasteiger partial charge is 0.344 e. The second-order valence-electron chi connectivity index (χ2n) is 5.66. The minimum absolute atomic E-state index is 0.203. The van der Waals surface area contributed by atoms with E-state index in [-0.39, 0.29) is 18.1 Å². The predicted molar refractivity (Wildman–Crippen MR) is 99.1 cm³/mol. The summed E-state index contributed by atoms with van der Waals surface area (Å²) >= 11 is 0. The summed E-state index contributed by atoms with van der Waals surface area (Å²) in [6.07, 6.45) is 1.66. The van der Waals surface area contributed by atoms with E-state index in [1.165, 1.54) is 0 Å². The second-order valence-corrected chi connectivity index (χ2v) is 5.66. The zero-order chi connectivity index (χ0) is 19.2. The number of rotatable bonds is 7. The topological polar surface area (TPSA) is 71.1 Å². The highest BCUT2D eigenvalue weighted by Gasteiger charge is 2.28. The molecule has 3 rings (SSSR count). The van der Waals surface area contributed by atoms with Crippen LogP contribution in [-0.4, -0.2) is 31.6 Å². The number of carbonyl (C=O) groups excluding carboxylic acids is 2. The van der Waals surface area contributed by atoms with Gasteiger partial charge in [-0.2, -0.15) is 0 Å². The molecule has 0 bridgehead atoms. The number of esters is 1. The third-order valence-electron chi connectivity index (χ3n) is 3.81. The number of hydrogen-bond acceptors (Lipinski definition) is 6. The molecule has 1 aliphatic heterocycles. The monoisotopic (exact) mass is 368 g/mol. The van der Waals surface area contributed by atoms with Gasteiger partial charge in [-0.3, -0.25) is 4.79 Å². The lowest BCUT2D eigenvalue weighted by Gasteiger charge is -2.07. The van der Waals surface area contributed by atoms with E-state index in [0.29, 0.717) is 36.0 Å². The predicted octanol–water partition coefficient (Wildman–Crippen LogP) is 3.64. The molecular weight excluding hydrogens is 348 g/mol. The molecule has 0 saturated heterocycles. The molecule has 0 amide bonds. The molecule has 140 valence electrons. The molecule has 0 N–H and O–H groups in total. The molecule has 27 heavy (non-hydrogen) atoms. The fraction of sp³-hybridized carbons (Fsp3) is 0.238. The number of allylic oxidation sites excluding steroid dienone is 1. The summed E-state index contributed by atoms with van der Waals surface area (Å²) < 4.78 is 21.5. The molecule has 0 aromatic heterocycles. The molecule has 6 heteroatoms. The summed E-state index contributed by atoms with van der Waals surface area (Å²) in [6.45, 7) is 4.24. The van der Waals surface area contributed by atoms with Crippen molar-refractivity contribution in [2.75, 3.05) is 19.8 Å². The van der Waals surface area contributed by atoms with E-state index in [4.69, 9.17) is 18.9 Å². The highest BCUT2D eigenvalue weighted by molar-refractivity contribution is 6.14. The van der Waals surface area contributed by atoms with E-state index in [0.717, 1.165) is 5.56 Å². The van der Waals surface area contributed by atoms with Crippen LogP contribution < -0.4 is 14.2 Å². The Kier molecular flexibility index (Phi) is 5.76. The quantitative estimate of drug-likeness (QED) is 0.549. The van der Waals surface area contributed by atoms with Gasteiger partial charge in [-0.25, -0.2) is 4.79 Å². The van der Waals surface area contributed by atoms with Crippen LogP contribution in [-0.2, 0) is 9.53 Å². The molecule has 6 nitrogen and oxygen atoms in total. The van der Waals surface area contributed by atoms with Gasteiger partial charge in [0.05, 0.1) is 18.8 Å². The number of hydrogen-bond donors (Lipinski definition) is 0. The van der Waals surface area contributed by atoms with E-state index in [1.54, 1.807) is 31.2 Å². The molecule has 2 aromatic rings. The van der Waals surface area contributed by atoms with Crippen molar-refractivity contribution in [3.8, 4) is 17.2 Å². The first-order chi connectivity index (χ1) is 13.1. The van der Waals surface area contributed by atoms with Crippen molar-refractivity contribution >= 4 is 17.8 Å². The summed E-state index contributed by atoms with van der Waals surface area (Å²) in [5.41, 5.74) is 1.20. The van der Waals surface area contributed by atoms with E-state index in [9.17, 15) is 9.59 Å². The molecule has 1 heterocycles. The summed E-state index contributed by atoms with van der Waals surface area (Å²) in [5, 5.41) is 0. The Balaban J connectivity index is 1.78. The minimum Gasteiger partial charge on any atom is -0.493 e. The van der Waals surface area contributed by atoms with Crippen molar-refractivity contribution in [3.05, 3.63) is 59.4 Å². The highest BCUT2D eigenvalue weighted by Crippen LogP contribution is 2.35. The third kappa shape index (κ3) is 4.28. The number of Topliss-reactive ketones (excluding diaryl/α,β-unsaturated/α-hetero) is 1. The van der Waals surface area contributed by atoms with Crippen molar-refractivity contribution in [3.63, 3.8) is 0 Å². The Labute approximate surface area is 157 Å². The molecular formula is C21H20O6. The van der Waals surface area contributed by atoms with Crippen LogP contribution in [0, 0.1) is 0 Å². The van der Waals surface area contributed by atoms with Gasteiger partial charge < -0.3 is 18.9 Å². The second kappa shape index (κ2) is 8.40. The molecule has 0 spiro atoms. The Bertz CT molecular complexity index is 884. The number of carbonyl (C=O) groups is 2. The largest absolute Gasteiger partial charge is 0.493 e. The Morgan fingerprint density at radius 1 is 1.07 bits per heavy atom. The van der Waals surface area contributed by atoms with Crippen LogP contribution in [0.5, 0.6) is 17.2 Å². The Morgan fingerprint density at radius 3 is 2.67 bits per heavy atom. The molecule has 0 unspecified atom stereocenters. The van der Waals surface area contributed by atoms with Gasteiger partial charge >= 0.3 is 5.97 Å². The number of ether oxygens (including phenoxy) is 4. The van der Waals surface area contributed by atoms with Crippen LogP contribution >= 0.6 is 0 Å². The van der Waals surface area contributed by atoms with Crippen molar-refractivity contribution in [2.24, 2.45) is 0 Å². The SMILES string of the molecule is CCOC(=O)COc1ccc2c(c1)O/C(=C\c1ccccc1OCC)C2=O. The summed E-state index contributed by atoms with van der Waals surface area (Å²) in [6, 6.07) is 12.2. The zero-order valence-electron chi connectivity index (χ0n) is 15.2. The molecule has 1 aliphatic rings. The van der Waals surface area contributed by atoms with Crippen LogP contribution in [0.2, 0.25) is 0 Å². The molecule has 0 aliphatic carbocycles. The van der Waals surface area contributed by atoms with Gasteiger partial charge in [-0.1, -0.05) is 18.2 Å². The molecule has 0 saturated carbocycles. The van der Waals surface area contributed by atoms with E-state index in [1.807, 2.05) is 31.2 Å². The summed E-state index contributed by atoms with van der Waals surface area (Å²) in [4.78, 5) is 24.0. The van der Waals surface area contributed by atoms with Gasteiger partial charge in [0.2, 0.25) is 5.78 Å². The Morgan fingerprint density at radius 2 is 1.89 bits per heavy atom. The average Bonchev–Trinajstić information content (AvgIpc) is 2.97. The first-order valence-electron chi connectivity index (χ1n) is 8.71. The first kappa shape index (κ1) is 18.5. The minimum atomic E-state index is -0.455. The van der Waals surface area contributed by atoms with Crippen LogP contribution in [0.4, 0.5) is 0 Å². The highest BCUT2D eigenvalue weighted by atomic mass is 16.6. The number of benzene rings is 2. The average molecular weight is 368 g/mol. The van der Waals surface area contributed by atoms with Crippen LogP contribution in [0.15, 0.2) is 48.2 Å². The number of ketones is 1. The zero-order valence-corrected chi connectivity index (χ0v) is 15.2. The lowest BCUT2D eigenvalue weighted by atomic mass is 10.1. The fourth-order valence-electron chi connectivity index (χ4n) is 2.63. The van der Waals surface area contributed by atoms with Crippen molar-refractivity contribution < 1.29 is 28.5 Å². The maximum Gasteiger partial charge on any atom is 0.344 e. The normalized spacial score (nSPS) is 13.9. The molecule has 2 aromatic carbocycles. The molecule has 0 radical (unpaired) electrons. The van der Waals surface area contributed by atoms with Gasteiger partial charge in [0.1, 0.15) is 17.2 Å². The lowest BCUT2D eigenvalue weighted by Crippen LogP contribution is -2.14. The van der Waals surface area contributed by atoms with Crippen molar-refractivity contribution in [1.29, 1.82) is 0 Å². The summed E-state index contributed by atoms with van der Waals surface area (Å²) in [7, 11) is 0. The molecule has 0 fully saturated rings. The Hall–Kier alpha value is -3.28. The maximum absolute atomic E-state index is 12.6. The van der Waals surface area contributed by atoms with Gasteiger partial charge in [-0.05, 0) is 38.1 Å². The van der Waals surface area contributed by atoms with Crippen molar-refractivity contribution in [1.82, 2.24) is 0 Å². The van der Waals surface area contributed by atoms with Crippen LogP contribution in [0.3, 0.4) is 0 Å². The van der Waals surface area contributed by atoms with Crippen LogP contribution in [0.25, 0.3) is 6.08 Å². The van der Waals surface area contributed by atoms with Crippen LogP contribution in [0.1, 0.15) is 29.8 Å². The van der Waals surface area contributed by atoms with E-state index < -0.39 is 5.97 Å². The first-order valence-corrected chi connectivity index (χ1v) is 8.71. The van der Waals surface area contributed by atoms with Gasteiger partial charge in [0.25, 0.3) is 0 Å². The molecule has 0 atom stereocenters.